The Bertz CT molecular complexity index is 660. The molecular formula is C22H28FNO. The molecule has 0 spiro atoms. The first-order valence-corrected chi connectivity index (χ1v) is 9.15. The van der Waals surface area contributed by atoms with Crippen LogP contribution in [0.2, 0.25) is 0 Å². The fourth-order valence-electron chi connectivity index (χ4n) is 3.55. The zero-order valence-corrected chi connectivity index (χ0v) is 15.4. The Morgan fingerprint density at radius 3 is 2.08 bits per heavy atom. The molecule has 1 N–H and O–H groups in total. The Kier molecular flexibility index (Phi) is 6.74. The largest absolute Gasteiger partial charge is 0.349 e. The second-order valence-electron chi connectivity index (χ2n) is 6.69. The van der Waals surface area contributed by atoms with Crippen LogP contribution in [0.4, 0.5) is 4.39 Å². The second kappa shape index (κ2) is 8.80. The standard InChI is InChI=1S/C22H28FNO/c1-4-15-22(16-5-2,19-9-7-6-8-10-19)21(25)24-17(3)18-11-13-20(23)14-12-18/h6-14,17H,4-5,15-16H2,1-3H3,(H,24,25)/t17-/m0/s1. The Hall–Kier alpha value is -2.16. The number of halogens is 1. The van der Waals surface area contributed by atoms with Gasteiger partial charge in [-0.05, 0) is 43.0 Å². The van der Waals surface area contributed by atoms with Gasteiger partial charge in [0.15, 0.2) is 0 Å². The molecule has 25 heavy (non-hydrogen) atoms. The third-order valence-corrected chi connectivity index (χ3v) is 4.83. The third-order valence-electron chi connectivity index (χ3n) is 4.83. The van der Waals surface area contributed by atoms with Gasteiger partial charge in [-0.3, -0.25) is 4.79 Å². The van der Waals surface area contributed by atoms with Crippen LogP contribution in [-0.4, -0.2) is 5.91 Å². The lowest BCUT2D eigenvalue weighted by molar-refractivity contribution is -0.128. The van der Waals surface area contributed by atoms with Crippen molar-refractivity contribution in [1.82, 2.24) is 5.32 Å². The van der Waals surface area contributed by atoms with Gasteiger partial charge < -0.3 is 5.32 Å². The molecule has 0 saturated heterocycles. The molecule has 0 heterocycles. The monoisotopic (exact) mass is 341 g/mol. The molecule has 0 aliphatic rings. The van der Waals surface area contributed by atoms with Crippen LogP contribution < -0.4 is 5.32 Å². The highest BCUT2D eigenvalue weighted by molar-refractivity contribution is 5.88. The van der Waals surface area contributed by atoms with Gasteiger partial charge in [0.25, 0.3) is 0 Å². The van der Waals surface area contributed by atoms with Crippen molar-refractivity contribution in [2.24, 2.45) is 0 Å². The summed E-state index contributed by atoms with van der Waals surface area (Å²) in [5.74, 6) is -0.211. The molecule has 1 amide bonds. The highest BCUT2D eigenvalue weighted by atomic mass is 19.1. The smallest absolute Gasteiger partial charge is 0.231 e. The van der Waals surface area contributed by atoms with Crippen LogP contribution in [-0.2, 0) is 10.2 Å². The van der Waals surface area contributed by atoms with E-state index < -0.39 is 5.41 Å². The summed E-state index contributed by atoms with van der Waals surface area (Å²) in [7, 11) is 0. The number of rotatable bonds is 8. The highest BCUT2D eigenvalue weighted by Crippen LogP contribution is 2.35. The number of hydrogen-bond donors (Lipinski definition) is 1. The SMILES string of the molecule is CCCC(CCC)(C(=O)N[C@@H](C)c1ccc(F)cc1)c1ccccc1. The van der Waals surface area contributed by atoms with E-state index in [1.807, 2.05) is 37.3 Å². The second-order valence-corrected chi connectivity index (χ2v) is 6.69. The van der Waals surface area contributed by atoms with Crippen LogP contribution in [0.1, 0.15) is 63.6 Å². The predicted molar refractivity (Wildman–Crippen MR) is 101 cm³/mol. The normalized spacial score (nSPS) is 12.6. The van der Waals surface area contributed by atoms with Crippen LogP contribution in [0.3, 0.4) is 0 Å². The van der Waals surface area contributed by atoms with Crippen LogP contribution in [0.25, 0.3) is 0 Å². The average molecular weight is 341 g/mol. The molecule has 0 saturated carbocycles. The maximum absolute atomic E-state index is 13.3. The first kappa shape index (κ1) is 19.2. The number of carbonyl (C=O) groups excluding carboxylic acids is 1. The number of carbonyl (C=O) groups is 1. The number of benzene rings is 2. The Labute approximate surface area is 150 Å². The molecule has 0 radical (unpaired) electrons. The van der Waals surface area contributed by atoms with Gasteiger partial charge in [0.2, 0.25) is 5.91 Å². The Morgan fingerprint density at radius 2 is 1.56 bits per heavy atom. The Balaban J connectivity index is 2.29. The molecule has 1 atom stereocenters. The lowest BCUT2D eigenvalue weighted by Gasteiger charge is -2.34. The molecular weight excluding hydrogens is 313 g/mol. The van der Waals surface area contributed by atoms with Crippen LogP contribution in [0, 0.1) is 5.82 Å². The third kappa shape index (κ3) is 4.47. The van der Waals surface area contributed by atoms with Crippen LogP contribution in [0.5, 0.6) is 0 Å². The van der Waals surface area contributed by atoms with Crippen LogP contribution >= 0.6 is 0 Å². The maximum Gasteiger partial charge on any atom is 0.231 e. The summed E-state index contributed by atoms with van der Waals surface area (Å²) in [5.41, 5.74) is 1.46. The summed E-state index contributed by atoms with van der Waals surface area (Å²) < 4.78 is 13.1. The van der Waals surface area contributed by atoms with Crippen molar-refractivity contribution in [1.29, 1.82) is 0 Å². The van der Waals surface area contributed by atoms with Crippen molar-refractivity contribution >= 4 is 5.91 Å². The first-order valence-electron chi connectivity index (χ1n) is 9.15. The summed E-state index contributed by atoms with van der Waals surface area (Å²) in [6.45, 7) is 6.17. The van der Waals surface area contributed by atoms with Gasteiger partial charge in [-0.15, -0.1) is 0 Å². The van der Waals surface area contributed by atoms with Gasteiger partial charge in [-0.1, -0.05) is 69.2 Å². The van der Waals surface area contributed by atoms with E-state index >= 15 is 0 Å². The van der Waals surface area contributed by atoms with E-state index in [1.54, 1.807) is 12.1 Å². The van der Waals surface area contributed by atoms with Gasteiger partial charge in [0.1, 0.15) is 5.82 Å². The van der Waals surface area contributed by atoms with Crippen LogP contribution in [0.15, 0.2) is 54.6 Å². The lowest BCUT2D eigenvalue weighted by Crippen LogP contribution is -2.45. The zero-order chi connectivity index (χ0) is 18.3. The average Bonchev–Trinajstić information content (AvgIpc) is 2.62. The van der Waals surface area contributed by atoms with Gasteiger partial charge in [-0.2, -0.15) is 0 Å². The van der Waals surface area contributed by atoms with E-state index in [0.717, 1.165) is 36.8 Å². The molecule has 3 heteroatoms. The maximum atomic E-state index is 13.3. The van der Waals surface area contributed by atoms with Gasteiger partial charge in [0.05, 0.1) is 11.5 Å². The van der Waals surface area contributed by atoms with Crippen molar-refractivity contribution in [3.05, 3.63) is 71.5 Å². The molecule has 2 rings (SSSR count). The number of amides is 1. The minimum Gasteiger partial charge on any atom is -0.349 e. The number of hydrogen-bond acceptors (Lipinski definition) is 1. The molecule has 0 aliphatic heterocycles. The Morgan fingerprint density at radius 1 is 1.00 bits per heavy atom. The first-order chi connectivity index (χ1) is 12.0. The predicted octanol–water partition coefficient (Wildman–Crippen LogP) is 5.54. The molecule has 0 aromatic heterocycles. The van der Waals surface area contributed by atoms with Crippen molar-refractivity contribution in [2.75, 3.05) is 0 Å². The zero-order valence-electron chi connectivity index (χ0n) is 15.4. The van der Waals surface area contributed by atoms with Crippen molar-refractivity contribution in [2.45, 2.75) is 57.9 Å². The van der Waals surface area contributed by atoms with Gasteiger partial charge in [0, 0.05) is 0 Å². The molecule has 2 aromatic carbocycles. The topological polar surface area (TPSA) is 29.1 Å². The summed E-state index contributed by atoms with van der Waals surface area (Å²) in [4.78, 5) is 13.3. The van der Waals surface area contributed by atoms with Crippen molar-refractivity contribution in [3.8, 4) is 0 Å². The molecule has 2 nitrogen and oxygen atoms in total. The summed E-state index contributed by atoms with van der Waals surface area (Å²) in [6, 6.07) is 16.2. The molecule has 2 aromatic rings. The quantitative estimate of drug-likeness (QED) is 0.671. The molecule has 134 valence electrons. The van der Waals surface area contributed by atoms with Crippen molar-refractivity contribution in [3.63, 3.8) is 0 Å². The van der Waals surface area contributed by atoms with E-state index in [1.165, 1.54) is 12.1 Å². The van der Waals surface area contributed by atoms with Crippen molar-refractivity contribution < 1.29 is 9.18 Å². The molecule has 0 bridgehead atoms. The summed E-state index contributed by atoms with van der Waals surface area (Å²) in [5, 5.41) is 3.16. The fraction of sp³-hybridized carbons (Fsp3) is 0.409. The van der Waals surface area contributed by atoms with E-state index in [0.29, 0.717) is 0 Å². The van der Waals surface area contributed by atoms with E-state index in [4.69, 9.17) is 0 Å². The molecule has 0 fully saturated rings. The molecule has 0 aliphatic carbocycles. The lowest BCUT2D eigenvalue weighted by atomic mass is 9.72. The fourth-order valence-corrected chi connectivity index (χ4v) is 3.55. The van der Waals surface area contributed by atoms with Gasteiger partial charge in [-0.25, -0.2) is 4.39 Å². The van der Waals surface area contributed by atoms with Gasteiger partial charge >= 0.3 is 0 Å². The summed E-state index contributed by atoms with van der Waals surface area (Å²) in [6.07, 6.45) is 3.50. The minimum atomic E-state index is -0.515. The van der Waals surface area contributed by atoms with E-state index in [2.05, 4.69) is 19.2 Å². The van der Waals surface area contributed by atoms with E-state index in [9.17, 15) is 9.18 Å². The minimum absolute atomic E-state index is 0.0548. The highest BCUT2D eigenvalue weighted by Gasteiger charge is 2.38. The summed E-state index contributed by atoms with van der Waals surface area (Å²) >= 11 is 0. The molecule has 0 unspecified atom stereocenters. The number of nitrogens with one attached hydrogen (secondary N) is 1. The van der Waals surface area contributed by atoms with E-state index in [-0.39, 0.29) is 17.8 Å².